The molecule has 0 saturated heterocycles. The monoisotopic (exact) mass is 335 g/mol. The maximum atomic E-state index is 11.8. The number of aromatic carboxylic acids is 1. The Morgan fingerprint density at radius 2 is 1.38 bits per heavy atom. The van der Waals surface area contributed by atoms with Gasteiger partial charge in [-0.2, -0.15) is 0 Å². The molecule has 0 bridgehead atoms. The van der Waals surface area contributed by atoms with Crippen LogP contribution in [-0.4, -0.2) is 11.1 Å². The van der Waals surface area contributed by atoms with Crippen LogP contribution in [0.15, 0.2) is 87.5 Å². The van der Waals surface area contributed by atoms with Crippen LogP contribution in [0, 0.1) is 13.8 Å². The van der Waals surface area contributed by atoms with Crippen LogP contribution < -0.4 is 0 Å². The van der Waals surface area contributed by atoms with Crippen LogP contribution in [0.25, 0.3) is 0 Å². The van der Waals surface area contributed by atoms with Crippen LogP contribution in [0.2, 0.25) is 0 Å². The Hall–Kier alpha value is -2.52. The number of aryl methyl sites for hydroxylation is 2. The second-order valence-corrected chi connectivity index (χ2v) is 7.73. The molecule has 3 aromatic rings. The molecule has 3 heteroatoms. The molecule has 24 heavy (non-hydrogen) atoms. The minimum absolute atomic E-state index is 0.378. The van der Waals surface area contributed by atoms with E-state index in [1.165, 1.54) is 5.56 Å². The minimum Gasteiger partial charge on any atom is -0.478 e. The first kappa shape index (κ1) is 16.3. The van der Waals surface area contributed by atoms with E-state index in [2.05, 4.69) is 43.3 Å². The average Bonchev–Trinajstić information content (AvgIpc) is 2.59. The van der Waals surface area contributed by atoms with E-state index < -0.39 is 16.9 Å². The molecular formula is C21H19O2S+. The van der Waals surface area contributed by atoms with Crippen molar-refractivity contribution in [3.63, 3.8) is 0 Å². The van der Waals surface area contributed by atoms with Gasteiger partial charge in [0.25, 0.3) is 0 Å². The SMILES string of the molecule is Cc1ccc([S+](c2ccccc2)c2ccc(C)cc2C(=O)O)cc1. The van der Waals surface area contributed by atoms with Gasteiger partial charge < -0.3 is 5.11 Å². The third-order valence-corrected chi connectivity index (χ3v) is 6.10. The lowest BCUT2D eigenvalue weighted by Gasteiger charge is -2.11. The van der Waals surface area contributed by atoms with Crippen LogP contribution >= 0.6 is 0 Å². The first-order valence-corrected chi connectivity index (χ1v) is 8.98. The molecule has 0 spiro atoms. The Kier molecular flexibility index (Phi) is 4.72. The van der Waals surface area contributed by atoms with E-state index in [-0.39, 0.29) is 0 Å². The number of benzene rings is 3. The van der Waals surface area contributed by atoms with Crippen molar-refractivity contribution < 1.29 is 9.90 Å². The summed E-state index contributed by atoms with van der Waals surface area (Å²) in [6.45, 7) is 3.97. The summed E-state index contributed by atoms with van der Waals surface area (Å²) >= 11 is 0. The van der Waals surface area contributed by atoms with Crippen LogP contribution in [0.3, 0.4) is 0 Å². The fraction of sp³-hybridized carbons (Fsp3) is 0.0952. The van der Waals surface area contributed by atoms with Crippen molar-refractivity contribution >= 4 is 16.9 Å². The van der Waals surface area contributed by atoms with Gasteiger partial charge in [-0.25, -0.2) is 4.79 Å². The fourth-order valence-corrected chi connectivity index (χ4v) is 4.80. The van der Waals surface area contributed by atoms with E-state index in [0.29, 0.717) is 5.56 Å². The summed E-state index contributed by atoms with van der Waals surface area (Å²) < 4.78 is 0. The molecule has 0 aliphatic carbocycles. The van der Waals surface area contributed by atoms with Gasteiger partial charge in [0.15, 0.2) is 14.7 Å². The first-order chi connectivity index (χ1) is 11.6. The molecule has 1 unspecified atom stereocenters. The Balaban J connectivity index is 2.23. The molecule has 0 amide bonds. The lowest BCUT2D eigenvalue weighted by molar-refractivity contribution is 0.0693. The largest absolute Gasteiger partial charge is 0.478 e. The van der Waals surface area contributed by atoms with Crippen molar-refractivity contribution in [2.24, 2.45) is 0 Å². The Morgan fingerprint density at radius 3 is 2.00 bits per heavy atom. The summed E-state index contributed by atoms with van der Waals surface area (Å²) in [7, 11) is -0.444. The van der Waals surface area contributed by atoms with Crippen molar-refractivity contribution in [1.82, 2.24) is 0 Å². The van der Waals surface area contributed by atoms with Crippen molar-refractivity contribution in [2.45, 2.75) is 28.5 Å². The molecule has 120 valence electrons. The Morgan fingerprint density at radius 1 is 0.792 bits per heavy atom. The summed E-state index contributed by atoms with van der Waals surface area (Å²) in [6.07, 6.45) is 0. The molecule has 2 nitrogen and oxygen atoms in total. The molecular weight excluding hydrogens is 316 g/mol. The number of carbonyl (C=O) groups is 1. The van der Waals surface area contributed by atoms with Gasteiger partial charge >= 0.3 is 5.97 Å². The van der Waals surface area contributed by atoms with E-state index in [9.17, 15) is 9.90 Å². The Bertz CT molecular complexity index is 855. The van der Waals surface area contributed by atoms with Gasteiger partial charge in [-0.05, 0) is 55.8 Å². The molecule has 0 aromatic heterocycles. The van der Waals surface area contributed by atoms with Gasteiger partial charge in [0, 0.05) is 0 Å². The third-order valence-electron chi connectivity index (χ3n) is 3.82. The van der Waals surface area contributed by atoms with Gasteiger partial charge in [-0.1, -0.05) is 42.0 Å². The van der Waals surface area contributed by atoms with E-state index >= 15 is 0 Å². The molecule has 0 radical (unpaired) electrons. The van der Waals surface area contributed by atoms with E-state index in [0.717, 1.165) is 20.2 Å². The number of hydrogen-bond acceptors (Lipinski definition) is 1. The van der Waals surface area contributed by atoms with Gasteiger partial charge in [-0.3, -0.25) is 0 Å². The highest BCUT2D eigenvalue weighted by atomic mass is 32.2. The summed E-state index contributed by atoms with van der Waals surface area (Å²) in [5.41, 5.74) is 2.53. The summed E-state index contributed by atoms with van der Waals surface area (Å²) in [4.78, 5) is 14.9. The molecule has 0 fully saturated rings. The highest BCUT2D eigenvalue weighted by Gasteiger charge is 2.33. The number of rotatable bonds is 4. The van der Waals surface area contributed by atoms with Crippen molar-refractivity contribution in [2.75, 3.05) is 0 Å². The fourth-order valence-electron chi connectivity index (χ4n) is 2.61. The highest BCUT2D eigenvalue weighted by molar-refractivity contribution is 7.97. The average molecular weight is 335 g/mol. The molecule has 0 aliphatic rings. The summed E-state index contributed by atoms with van der Waals surface area (Å²) in [6, 6.07) is 24.1. The standard InChI is InChI=1S/C21H18O2S/c1-15-8-11-18(12-9-15)24(17-6-4-3-5-7-17)20-13-10-16(2)14-19(20)21(22)23/h3-14H,1-2H3/p+1. The predicted molar refractivity (Wildman–Crippen MR) is 97.9 cm³/mol. The second kappa shape index (κ2) is 6.93. The normalized spacial score (nSPS) is 11.9. The van der Waals surface area contributed by atoms with Crippen molar-refractivity contribution in [3.05, 3.63) is 89.5 Å². The van der Waals surface area contributed by atoms with Gasteiger partial charge in [-0.15, -0.1) is 0 Å². The van der Waals surface area contributed by atoms with Gasteiger partial charge in [0.2, 0.25) is 0 Å². The van der Waals surface area contributed by atoms with Gasteiger partial charge in [0.1, 0.15) is 16.5 Å². The number of hydrogen-bond donors (Lipinski definition) is 1. The highest BCUT2D eigenvalue weighted by Crippen LogP contribution is 2.33. The van der Waals surface area contributed by atoms with Crippen LogP contribution in [-0.2, 0) is 10.9 Å². The van der Waals surface area contributed by atoms with Crippen molar-refractivity contribution in [1.29, 1.82) is 0 Å². The van der Waals surface area contributed by atoms with Crippen LogP contribution in [0.4, 0.5) is 0 Å². The third kappa shape index (κ3) is 3.36. The zero-order chi connectivity index (χ0) is 17.1. The number of carboxylic acids is 1. The molecule has 0 aliphatic heterocycles. The zero-order valence-corrected chi connectivity index (χ0v) is 14.5. The quantitative estimate of drug-likeness (QED) is 0.674. The molecule has 3 rings (SSSR count). The minimum atomic E-state index is -0.880. The predicted octanol–water partition coefficient (Wildman–Crippen LogP) is 5.10. The van der Waals surface area contributed by atoms with E-state index in [1.54, 1.807) is 6.07 Å². The lowest BCUT2D eigenvalue weighted by Crippen LogP contribution is -2.11. The Labute approximate surface area is 145 Å². The first-order valence-electron chi connectivity index (χ1n) is 7.76. The summed E-state index contributed by atoms with van der Waals surface area (Å²) in [5.74, 6) is -0.880. The molecule has 0 saturated carbocycles. The summed E-state index contributed by atoms with van der Waals surface area (Å²) in [5, 5.41) is 9.68. The second-order valence-electron chi connectivity index (χ2n) is 5.74. The van der Waals surface area contributed by atoms with E-state index in [1.807, 2.05) is 37.3 Å². The maximum absolute atomic E-state index is 11.8. The van der Waals surface area contributed by atoms with Crippen LogP contribution in [0.1, 0.15) is 21.5 Å². The van der Waals surface area contributed by atoms with E-state index in [4.69, 9.17) is 0 Å². The number of carboxylic acid groups (broad SMARTS) is 1. The van der Waals surface area contributed by atoms with Gasteiger partial charge in [0.05, 0.1) is 0 Å². The smallest absolute Gasteiger partial charge is 0.340 e. The molecule has 1 N–H and O–H groups in total. The molecule has 1 atom stereocenters. The van der Waals surface area contributed by atoms with Crippen molar-refractivity contribution in [3.8, 4) is 0 Å². The zero-order valence-electron chi connectivity index (χ0n) is 13.7. The lowest BCUT2D eigenvalue weighted by atomic mass is 10.1. The molecule has 3 aromatic carbocycles. The maximum Gasteiger partial charge on any atom is 0.340 e. The topological polar surface area (TPSA) is 37.3 Å². The molecule has 0 heterocycles. The van der Waals surface area contributed by atoms with Crippen LogP contribution in [0.5, 0.6) is 0 Å².